The molecule has 0 bridgehead atoms. The minimum atomic E-state index is -2.61. The summed E-state index contributed by atoms with van der Waals surface area (Å²) in [6.45, 7) is 3.46. The van der Waals surface area contributed by atoms with Gasteiger partial charge in [-0.05, 0) is 120 Å². The fourth-order valence-electron chi connectivity index (χ4n) is 10.2. The summed E-state index contributed by atoms with van der Waals surface area (Å²) in [7, 11) is 0. The van der Waals surface area contributed by atoms with Gasteiger partial charge in [0, 0.05) is 55.2 Å². The van der Waals surface area contributed by atoms with Crippen LogP contribution in [0.3, 0.4) is 0 Å². The molecule has 0 saturated heterocycles. The van der Waals surface area contributed by atoms with Crippen molar-refractivity contribution in [2.75, 3.05) is 0 Å². The van der Waals surface area contributed by atoms with Gasteiger partial charge in [-0.15, -0.1) is 0 Å². The first-order valence-electron chi connectivity index (χ1n) is 24.4. The van der Waals surface area contributed by atoms with E-state index < -0.39 is 36.3 Å². The standard InChI is InChI=1S/C54H54O2/c1-33-23-25-37(49-39(35-15-7-8-16-35)27-29-45-51(49)55-47-21-13-11-19-43(47)53(45,3)4)31-41(33)42-32-38(26-24-34(42)2)50-40(36-17-9-10-18-36)28-30-46-52(50)56-48-22-14-12-20-44(48)54(46,5)6/h11-14,19-32,35-36H,7-10,15-18H2,1-6H3/i1D3,2D3,35D,36D. The lowest BCUT2D eigenvalue weighted by molar-refractivity contribution is 0.418. The number of aryl methyl sites for hydroxylation is 2. The molecule has 4 aliphatic rings. The quantitative estimate of drug-likeness (QED) is 0.175. The molecule has 10 rings (SSSR count). The molecular weight excluding hydrogens is 681 g/mol. The average molecular weight is 743 g/mol. The summed E-state index contributed by atoms with van der Waals surface area (Å²) < 4.78 is 86.8. The zero-order valence-electron chi connectivity index (χ0n) is 40.9. The van der Waals surface area contributed by atoms with Crippen molar-refractivity contribution in [2.24, 2.45) is 0 Å². The Morgan fingerprint density at radius 2 is 0.911 bits per heavy atom. The molecular formula is C54H54O2. The van der Waals surface area contributed by atoms with Crippen molar-refractivity contribution in [1.29, 1.82) is 0 Å². The lowest BCUT2D eigenvalue weighted by Crippen LogP contribution is -2.25. The van der Waals surface area contributed by atoms with Crippen LogP contribution in [0.25, 0.3) is 33.4 Å². The van der Waals surface area contributed by atoms with Crippen LogP contribution < -0.4 is 9.47 Å². The van der Waals surface area contributed by atoms with Gasteiger partial charge in [-0.2, -0.15) is 0 Å². The molecule has 2 fully saturated rings. The third-order valence-electron chi connectivity index (χ3n) is 13.3. The zero-order chi connectivity index (χ0) is 45.2. The van der Waals surface area contributed by atoms with E-state index in [0.717, 1.165) is 81.7 Å². The zero-order valence-corrected chi connectivity index (χ0v) is 32.9. The molecule has 2 saturated carbocycles. The first-order chi connectivity index (χ1) is 30.2. The van der Waals surface area contributed by atoms with Crippen LogP contribution in [-0.2, 0) is 10.8 Å². The molecule has 0 atom stereocenters. The van der Waals surface area contributed by atoms with E-state index in [4.69, 9.17) is 17.7 Å². The molecule has 2 nitrogen and oxygen atoms in total. The van der Waals surface area contributed by atoms with Gasteiger partial charge < -0.3 is 9.47 Å². The number of benzene rings is 6. The lowest BCUT2D eigenvalue weighted by atomic mass is 9.73. The predicted molar refractivity (Wildman–Crippen MR) is 232 cm³/mol. The minimum Gasteiger partial charge on any atom is -0.456 e. The smallest absolute Gasteiger partial charge is 0.139 e. The summed E-state index contributed by atoms with van der Waals surface area (Å²) in [5, 5.41) is 0. The van der Waals surface area contributed by atoms with Crippen LogP contribution in [0.4, 0.5) is 0 Å². The van der Waals surface area contributed by atoms with Crippen LogP contribution in [0.2, 0.25) is 0 Å². The molecule has 2 aliphatic carbocycles. The van der Waals surface area contributed by atoms with Crippen molar-refractivity contribution in [3.05, 3.63) is 154 Å². The van der Waals surface area contributed by atoms with Crippen LogP contribution >= 0.6 is 0 Å². The van der Waals surface area contributed by atoms with Gasteiger partial charge in [0.1, 0.15) is 23.0 Å². The van der Waals surface area contributed by atoms with Crippen molar-refractivity contribution in [3.8, 4) is 56.4 Å². The third kappa shape index (κ3) is 5.50. The van der Waals surface area contributed by atoms with Gasteiger partial charge in [0.05, 0.1) is 0 Å². The van der Waals surface area contributed by atoms with E-state index >= 15 is 0 Å². The highest BCUT2D eigenvalue weighted by atomic mass is 16.5. The van der Waals surface area contributed by atoms with Crippen molar-refractivity contribution < 1.29 is 20.4 Å². The topological polar surface area (TPSA) is 18.5 Å². The van der Waals surface area contributed by atoms with E-state index in [1.807, 2.05) is 48.5 Å². The van der Waals surface area contributed by atoms with Crippen LogP contribution in [0, 0.1) is 13.7 Å². The van der Waals surface area contributed by atoms with E-state index in [1.165, 1.54) is 0 Å². The van der Waals surface area contributed by atoms with E-state index in [0.29, 0.717) is 48.3 Å². The first-order valence-corrected chi connectivity index (χ1v) is 20.4. The molecule has 2 heteroatoms. The van der Waals surface area contributed by atoms with Crippen molar-refractivity contribution in [3.63, 3.8) is 0 Å². The number of rotatable bonds is 5. The summed E-state index contributed by atoms with van der Waals surface area (Å²) in [6.07, 6.45) is 6.39. The fourth-order valence-corrected chi connectivity index (χ4v) is 10.2. The molecule has 2 heterocycles. The maximum atomic E-state index is 9.88. The van der Waals surface area contributed by atoms with Crippen LogP contribution in [-0.4, -0.2) is 0 Å². The molecule has 2 aliphatic heterocycles. The third-order valence-corrected chi connectivity index (χ3v) is 13.3. The fraction of sp³-hybridized carbons (Fsp3) is 0.333. The molecule has 0 unspecified atom stereocenters. The minimum absolute atomic E-state index is 0.0210. The van der Waals surface area contributed by atoms with Gasteiger partial charge in [0.2, 0.25) is 0 Å². The number of fused-ring (bicyclic) bond motifs is 4. The molecule has 282 valence electrons. The summed E-state index contributed by atoms with van der Waals surface area (Å²) in [5.74, 6) is 0.923. The maximum absolute atomic E-state index is 9.88. The molecule has 6 aromatic carbocycles. The van der Waals surface area contributed by atoms with Crippen LogP contribution in [0.15, 0.2) is 109 Å². The Kier molecular flexibility index (Phi) is 6.51. The van der Waals surface area contributed by atoms with Gasteiger partial charge in [0.15, 0.2) is 0 Å². The van der Waals surface area contributed by atoms with Gasteiger partial charge in [-0.1, -0.05) is 138 Å². The molecule has 6 aromatic rings. The van der Waals surface area contributed by atoms with E-state index in [-0.39, 0.29) is 22.3 Å². The summed E-state index contributed by atoms with van der Waals surface area (Å²) in [5.41, 5.74) is 8.09. The number of hydrogen-bond donors (Lipinski definition) is 0. The van der Waals surface area contributed by atoms with E-state index in [1.54, 1.807) is 24.3 Å². The first kappa shape index (κ1) is 27.5. The number of hydrogen-bond acceptors (Lipinski definition) is 2. The Balaban J connectivity index is 1.26. The van der Waals surface area contributed by atoms with Crippen LogP contribution in [0.1, 0.15) is 146 Å². The van der Waals surface area contributed by atoms with Crippen LogP contribution in [0.5, 0.6) is 23.0 Å². The van der Waals surface area contributed by atoms with Gasteiger partial charge in [0.25, 0.3) is 0 Å². The summed E-state index contributed by atoms with van der Waals surface area (Å²) >= 11 is 0. The Morgan fingerprint density at radius 3 is 1.32 bits per heavy atom. The second kappa shape index (κ2) is 13.3. The molecule has 0 spiro atoms. The normalized spacial score (nSPS) is 21.7. The molecule has 0 amide bonds. The second-order valence-corrected chi connectivity index (χ2v) is 17.3. The number of para-hydroxylation sites is 2. The van der Waals surface area contributed by atoms with Crippen molar-refractivity contribution >= 4 is 0 Å². The largest absolute Gasteiger partial charge is 0.456 e. The number of ether oxygens (including phenoxy) is 2. The van der Waals surface area contributed by atoms with Gasteiger partial charge in [-0.25, -0.2) is 0 Å². The SMILES string of the molecule is [2H]C([2H])([2H])c1ccc(-c2c(C3([2H])CCCC3)ccc3c2Oc2ccccc2C3(C)C)cc1-c1cc(-c2c(C3([2H])CCCC3)ccc3c2Oc2ccccc2C3(C)C)ccc1C([2H])([2H])[2H]. The van der Waals surface area contributed by atoms with E-state index in [2.05, 4.69) is 64.1 Å². The van der Waals surface area contributed by atoms with Crippen molar-refractivity contribution in [2.45, 2.75) is 115 Å². The average Bonchev–Trinajstić information content (AvgIpc) is 3.91. The highest BCUT2D eigenvalue weighted by Gasteiger charge is 2.39. The molecule has 56 heavy (non-hydrogen) atoms. The Hall–Kier alpha value is -5.08. The maximum Gasteiger partial charge on any atom is 0.139 e. The van der Waals surface area contributed by atoms with E-state index in [9.17, 15) is 2.74 Å². The highest BCUT2D eigenvalue weighted by Crippen LogP contribution is 2.56. The summed E-state index contributed by atoms with van der Waals surface area (Å²) in [6, 6.07) is 34.8. The Labute approximate surface area is 345 Å². The highest BCUT2D eigenvalue weighted by molar-refractivity contribution is 5.87. The molecule has 0 N–H and O–H groups in total. The molecule has 0 aromatic heterocycles. The Morgan fingerprint density at radius 1 is 0.500 bits per heavy atom. The summed E-state index contributed by atoms with van der Waals surface area (Å²) in [4.78, 5) is 0. The predicted octanol–water partition coefficient (Wildman–Crippen LogP) is 15.5. The lowest BCUT2D eigenvalue weighted by Gasteiger charge is -2.37. The van der Waals surface area contributed by atoms with Crippen molar-refractivity contribution in [1.82, 2.24) is 0 Å². The van der Waals surface area contributed by atoms with Gasteiger partial charge in [-0.3, -0.25) is 0 Å². The Bertz CT molecular complexity index is 2660. The monoisotopic (exact) mass is 742 g/mol. The molecule has 0 radical (unpaired) electrons. The van der Waals surface area contributed by atoms with Gasteiger partial charge >= 0.3 is 0 Å². The second-order valence-electron chi connectivity index (χ2n) is 17.3.